The molecule has 1 aromatic heterocycles. The Morgan fingerprint density at radius 3 is 2.44 bits per heavy atom. The first-order chi connectivity index (χ1) is 13.2. The van der Waals surface area contributed by atoms with Crippen molar-refractivity contribution in [3.63, 3.8) is 0 Å². The van der Waals surface area contributed by atoms with Gasteiger partial charge in [-0.15, -0.1) is 0 Å². The maximum absolute atomic E-state index is 12.2. The smallest absolute Gasteiger partial charge is 0.270 e. The van der Waals surface area contributed by atoms with Gasteiger partial charge in [0.1, 0.15) is 11.6 Å². The van der Waals surface area contributed by atoms with E-state index in [4.69, 9.17) is 0 Å². The molecule has 7 heteroatoms. The molecule has 0 bridgehead atoms. The number of rotatable bonds is 6. The molecule has 0 radical (unpaired) electrons. The molecule has 0 amide bonds. The SMILES string of the molecule is N#Cc1c(-c2ccccc2)nc(SC(=O)CCNc2ccccc2)[nH]c1=O. The van der Waals surface area contributed by atoms with Gasteiger partial charge in [-0.25, -0.2) is 4.98 Å². The summed E-state index contributed by atoms with van der Waals surface area (Å²) >= 11 is 0.866. The fourth-order valence-electron chi connectivity index (χ4n) is 2.43. The number of anilines is 1. The van der Waals surface area contributed by atoms with Gasteiger partial charge in [0, 0.05) is 24.2 Å². The van der Waals surface area contributed by atoms with Gasteiger partial charge in [-0.1, -0.05) is 48.5 Å². The van der Waals surface area contributed by atoms with Crippen LogP contribution in [0.15, 0.2) is 70.6 Å². The van der Waals surface area contributed by atoms with Crippen LogP contribution in [0.2, 0.25) is 0 Å². The maximum Gasteiger partial charge on any atom is 0.270 e. The van der Waals surface area contributed by atoms with Crippen LogP contribution in [-0.4, -0.2) is 21.6 Å². The van der Waals surface area contributed by atoms with Crippen LogP contribution in [0.5, 0.6) is 0 Å². The predicted molar refractivity (Wildman–Crippen MR) is 105 cm³/mol. The Kier molecular flexibility index (Phi) is 6.02. The lowest BCUT2D eigenvalue weighted by Gasteiger charge is -2.07. The zero-order chi connectivity index (χ0) is 19.1. The van der Waals surface area contributed by atoms with E-state index in [1.54, 1.807) is 24.3 Å². The third-order valence-corrected chi connectivity index (χ3v) is 4.52. The molecule has 0 saturated heterocycles. The number of nitrogens with one attached hydrogen (secondary N) is 2. The summed E-state index contributed by atoms with van der Waals surface area (Å²) in [6.07, 6.45) is 0.268. The number of aromatic amines is 1. The summed E-state index contributed by atoms with van der Waals surface area (Å²) in [6, 6.07) is 20.4. The molecular formula is C20H16N4O2S. The van der Waals surface area contributed by atoms with Gasteiger partial charge in [0.2, 0.25) is 0 Å². The molecule has 0 aliphatic heterocycles. The highest BCUT2D eigenvalue weighted by atomic mass is 32.2. The first-order valence-corrected chi connectivity index (χ1v) is 9.08. The van der Waals surface area contributed by atoms with Crippen molar-refractivity contribution in [3.8, 4) is 17.3 Å². The number of thioether (sulfide) groups is 1. The molecule has 0 saturated carbocycles. The highest BCUT2D eigenvalue weighted by Gasteiger charge is 2.15. The number of nitriles is 1. The van der Waals surface area contributed by atoms with E-state index in [1.807, 2.05) is 42.5 Å². The normalized spacial score (nSPS) is 10.2. The van der Waals surface area contributed by atoms with Crippen LogP contribution in [0.25, 0.3) is 11.3 Å². The Labute approximate surface area is 160 Å². The molecule has 1 heterocycles. The fourth-order valence-corrected chi connectivity index (χ4v) is 3.13. The van der Waals surface area contributed by atoms with Crippen LogP contribution < -0.4 is 10.9 Å². The minimum Gasteiger partial charge on any atom is -0.385 e. The lowest BCUT2D eigenvalue weighted by Crippen LogP contribution is -2.15. The van der Waals surface area contributed by atoms with E-state index in [9.17, 15) is 14.9 Å². The number of carbonyl (C=O) groups excluding carboxylic acids is 1. The Hall–Kier alpha value is -3.37. The summed E-state index contributed by atoms with van der Waals surface area (Å²) in [7, 11) is 0. The van der Waals surface area contributed by atoms with Crippen LogP contribution in [0.4, 0.5) is 5.69 Å². The van der Waals surface area contributed by atoms with Crippen molar-refractivity contribution < 1.29 is 4.79 Å². The van der Waals surface area contributed by atoms with Gasteiger partial charge in [-0.3, -0.25) is 14.6 Å². The average Bonchev–Trinajstić information content (AvgIpc) is 2.69. The van der Waals surface area contributed by atoms with Gasteiger partial charge in [-0.2, -0.15) is 5.26 Å². The van der Waals surface area contributed by atoms with Crippen molar-refractivity contribution in [1.29, 1.82) is 5.26 Å². The van der Waals surface area contributed by atoms with Crippen molar-refractivity contribution in [2.24, 2.45) is 0 Å². The summed E-state index contributed by atoms with van der Waals surface area (Å²) in [5, 5.41) is 12.5. The zero-order valence-corrected chi connectivity index (χ0v) is 15.1. The third kappa shape index (κ3) is 4.84. The zero-order valence-electron chi connectivity index (χ0n) is 14.3. The summed E-state index contributed by atoms with van der Waals surface area (Å²) in [4.78, 5) is 31.2. The van der Waals surface area contributed by atoms with Crippen LogP contribution >= 0.6 is 11.8 Å². The lowest BCUT2D eigenvalue weighted by molar-refractivity contribution is -0.110. The van der Waals surface area contributed by atoms with Crippen LogP contribution in [0.3, 0.4) is 0 Å². The van der Waals surface area contributed by atoms with Crippen molar-refractivity contribution in [2.75, 3.05) is 11.9 Å². The van der Waals surface area contributed by atoms with E-state index in [-0.39, 0.29) is 27.9 Å². The van der Waals surface area contributed by atoms with E-state index in [2.05, 4.69) is 15.3 Å². The van der Waals surface area contributed by atoms with Crippen molar-refractivity contribution in [3.05, 3.63) is 76.6 Å². The lowest BCUT2D eigenvalue weighted by atomic mass is 10.1. The van der Waals surface area contributed by atoms with E-state index in [0.717, 1.165) is 17.4 Å². The van der Waals surface area contributed by atoms with Crippen molar-refractivity contribution >= 4 is 22.6 Å². The largest absolute Gasteiger partial charge is 0.385 e. The summed E-state index contributed by atoms with van der Waals surface area (Å²) in [5.41, 5.74) is 1.25. The van der Waals surface area contributed by atoms with E-state index in [0.29, 0.717) is 12.1 Å². The monoisotopic (exact) mass is 376 g/mol. The number of benzene rings is 2. The Bertz CT molecular complexity index is 1030. The van der Waals surface area contributed by atoms with Crippen molar-refractivity contribution in [2.45, 2.75) is 11.6 Å². The number of hydrogen-bond donors (Lipinski definition) is 2. The van der Waals surface area contributed by atoms with Gasteiger partial charge in [-0.05, 0) is 23.9 Å². The number of carbonyl (C=O) groups is 1. The molecule has 0 aliphatic carbocycles. The number of nitrogens with zero attached hydrogens (tertiary/aromatic N) is 2. The first kappa shape index (κ1) is 18.4. The van der Waals surface area contributed by atoms with E-state index >= 15 is 0 Å². The molecule has 3 rings (SSSR count). The second-order valence-electron chi connectivity index (χ2n) is 5.59. The summed E-state index contributed by atoms with van der Waals surface area (Å²) in [5.74, 6) is 0. The maximum atomic E-state index is 12.2. The van der Waals surface area contributed by atoms with Crippen LogP contribution in [0.1, 0.15) is 12.0 Å². The standard InChI is InChI=1S/C20H16N4O2S/c21-13-16-18(14-7-3-1-4-8-14)23-20(24-19(16)26)27-17(25)11-12-22-15-9-5-2-6-10-15/h1-10,22H,11-12H2,(H,23,24,26). The summed E-state index contributed by atoms with van der Waals surface area (Å²) < 4.78 is 0. The van der Waals surface area contributed by atoms with Gasteiger partial charge < -0.3 is 5.32 Å². The highest BCUT2D eigenvalue weighted by molar-refractivity contribution is 8.13. The molecule has 134 valence electrons. The Morgan fingerprint density at radius 1 is 1.11 bits per heavy atom. The first-order valence-electron chi connectivity index (χ1n) is 8.27. The second kappa shape index (κ2) is 8.83. The molecule has 2 N–H and O–H groups in total. The van der Waals surface area contributed by atoms with Gasteiger partial charge in [0.25, 0.3) is 5.56 Å². The molecule has 0 aliphatic rings. The molecule has 0 spiro atoms. The quantitative estimate of drug-likeness (QED) is 0.505. The van der Waals surface area contributed by atoms with E-state index < -0.39 is 5.56 Å². The Morgan fingerprint density at radius 2 is 1.78 bits per heavy atom. The highest BCUT2D eigenvalue weighted by Crippen LogP contribution is 2.22. The fraction of sp³-hybridized carbons (Fsp3) is 0.100. The predicted octanol–water partition coefficient (Wildman–Crippen LogP) is 3.43. The number of H-pyrrole nitrogens is 1. The Balaban J connectivity index is 1.71. The number of hydrogen-bond acceptors (Lipinski definition) is 6. The van der Waals surface area contributed by atoms with Gasteiger partial charge in [0.05, 0.1) is 5.69 Å². The molecule has 3 aromatic rings. The van der Waals surface area contributed by atoms with Crippen LogP contribution in [-0.2, 0) is 4.79 Å². The number of para-hydroxylation sites is 1. The molecule has 27 heavy (non-hydrogen) atoms. The minimum atomic E-state index is -0.552. The molecule has 0 atom stereocenters. The van der Waals surface area contributed by atoms with Gasteiger partial charge in [0.15, 0.2) is 10.3 Å². The van der Waals surface area contributed by atoms with Gasteiger partial charge >= 0.3 is 0 Å². The average molecular weight is 376 g/mol. The van der Waals surface area contributed by atoms with Crippen LogP contribution in [0, 0.1) is 11.3 Å². The molecule has 0 fully saturated rings. The third-order valence-electron chi connectivity index (χ3n) is 3.70. The molecule has 2 aromatic carbocycles. The number of aromatic nitrogens is 2. The summed E-state index contributed by atoms with van der Waals surface area (Å²) in [6.45, 7) is 0.474. The second-order valence-corrected chi connectivity index (χ2v) is 6.64. The van der Waals surface area contributed by atoms with Crippen molar-refractivity contribution in [1.82, 2.24) is 9.97 Å². The molecule has 6 nitrogen and oxygen atoms in total. The molecule has 0 unspecified atom stereocenters. The topological polar surface area (TPSA) is 98.6 Å². The van der Waals surface area contributed by atoms with E-state index in [1.165, 1.54) is 0 Å². The minimum absolute atomic E-state index is 0.0660. The molecular weight excluding hydrogens is 360 g/mol.